The Morgan fingerprint density at radius 1 is 1.26 bits per heavy atom. The predicted octanol–water partition coefficient (Wildman–Crippen LogP) is 3.62. The summed E-state index contributed by atoms with van der Waals surface area (Å²) in [6, 6.07) is 6.19. The van der Waals surface area contributed by atoms with Crippen LogP contribution >= 0.6 is 24.0 Å². The second-order valence-electron chi connectivity index (χ2n) is 6.56. The van der Waals surface area contributed by atoms with Gasteiger partial charge in [-0.3, -0.25) is 4.99 Å². The van der Waals surface area contributed by atoms with E-state index < -0.39 is 6.36 Å². The van der Waals surface area contributed by atoms with Gasteiger partial charge in [0.05, 0.1) is 18.2 Å². The van der Waals surface area contributed by atoms with E-state index in [1.54, 1.807) is 12.1 Å². The van der Waals surface area contributed by atoms with Crippen LogP contribution in [0.25, 0.3) is 0 Å². The van der Waals surface area contributed by atoms with Crippen LogP contribution in [0.1, 0.15) is 31.7 Å². The maximum absolute atomic E-state index is 12.2. The van der Waals surface area contributed by atoms with Gasteiger partial charge >= 0.3 is 6.36 Å². The number of rotatable bonds is 6. The van der Waals surface area contributed by atoms with E-state index in [0.717, 1.165) is 37.3 Å². The van der Waals surface area contributed by atoms with E-state index in [1.807, 2.05) is 6.92 Å². The first-order chi connectivity index (χ1) is 12.4. The van der Waals surface area contributed by atoms with Crippen molar-refractivity contribution >= 4 is 29.9 Å². The molecule has 1 aromatic carbocycles. The van der Waals surface area contributed by atoms with Gasteiger partial charge in [0.1, 0.15) is 5.75 Å². The monoisotopic (exact) mass is 499 g/mol. The molecule has 2 aliphatic heterocycles. The van der Waals surface area contributed by atoms with Gasteiger partial charge in [-0.05, 0) is 50.3 Å². The number of halogens is 4. The van der Waals surface area contributed by atoms with Gasteiger partial charge in [-0.2, -0.15) is 0 Å². The van der Waals surface area contributed by atoms with Crippen molar-refractivity contribution in [2.75, 3.05) is 13.1 Å². The van der Waals surface area contributed by atoms with Crippen molar-refractivity contribution < 1.29 is 22.6 Å². The Labute approximate surface area is 174 Å². The van der Waals surface area contributed by atoms with Crippen molar-refractivity contribution in [1.82, 2.24) is 10.6 Å². The van der Waals surface area contributed by atoms with Crippen LogP contribution in [0, 0.1) is 0 Å². The minimum atomic E-state index is -4.67. The van der Waals surface area contributed by atoms with Crippen LogP contribution in [-0.4, -0.2) is 43.7 Å². The summed E-state index contributed by atoms with van der Waals surface area (Å²) in [5.74, 6) is 0.543. The van der Waals surface area contributed by atoms with Crippen LogP contribution in [0.2, 0.25) is 0 Å². The number of hydrogen-bond donors (Lipinski definition) is 2. The fourth-order valence-corrected chi connectivity index (χ4v) is 3.44. The van der Waals surface area contributed by atoms with E-state index >= 15 is 0 Å². The molecular formula is C18H25F3IN3O2. The average Bonchev–Trinajstić information content (AvgIpc) is 3.18. The number of nitrogens with one attached hydrogen (secondary N) is 2. The van der Waals surface area contributed by atoms with Crippen molar-refractivity contribution in [3.8, 4) is 5.75 Å². The fourth-order valence-electron chi connectivity index (χ4n) is 3.44. The van der Waals surface area contributed by atoms with Crippen LogP contribution in [-0.2, 0) is 11.2 Å². The lowest BCUT2D eigenvalue weighted by Gasteiger charge is -2.22. The summed E-state index contributed by atoms with van der Waals surface area (Å²) in [5.41, 5.74) is 0.905. The van der Waals surface area contributed by atoms with Gasteiger partial charge < -0.3 is 20.1 Å². The first kappa shape index (κ1) is 22.1. The molecule has 0 radical (unpaired) electrons. The number of benzene rings is 1. The number of aliphatic imine (C=N–C) groups is 1. The quantitative estimate of drug-likeness (QED) is 0.357. The molecule has 3 rings (SSSR count). The van der Waals surface area contributed by atoms with Crippen molar-refractivity contribution in [3.05, 3.63) is 29.8 Å². The van der Waals surface area contributed by atoms with Gasteiger partial charge in [0.15, 0.2) is 5.96 Å². The lowest BCUT2D eigenvalue weighted by atomic mass is 9.96. The Morgan fingerprint density at radius 3 is 2.56 bits per heavy atom. The van der Waals surface area contributed by atoms with Crippen molar-refractivity contribution in [2.24, 2.45) is 4.99 Å². The largest absolute Gasteiger partial charge is 0.573 e. The summed E-state index contributed by atoms with van der Waals surface area (Å²) in [6.45, 7) is 3.31. The summed E-state index contributed by atoms with van der Waals surface area (Å²) >= 11 is 0. The zero-order valence-corrected chi connectivity index (χ0v) is 17.4. The molecule has 2 fully saturated rings. The summed E-state index contributed by atoms with van der Waals surface area (Å²) in [6.07, 6.45) is -0.144. The molecule has 9 heteroatoms. The molecule has 0 aromatic heterocycles. The molecule has 5 nitrogen and oxygen atoms in total. The molecule has 3 atom stereocenters. The van der Waals surface area contributed by atoms with E-state index in [0.29, 0.717) is 25.1 Å². The summed E-state index contributed by atoms with van der Waals surface area (Å²) < 4.78 is 46.2. The topological polar surface area (TPSA) is 54.9 Å². The second-order valence-corrected chi connectivity index (χ2v) is 6.56. The highest BCUT2D eigenvalue weighted by molar-refractivity contribution is 14.0. The number of nitrogens with zero attached hydrogens (tertiary/aromatic N) is 1. The highest BCUT2D eigenvalue weighted by Gasteiger charge is 2.41. The van der Waals surface area contributed by atoms with E-state index in [1.165, 1.54) is 12.1 Å². The molecule has 0 aliphatic carbocycles. The van der Waals surface area contributed by atoms with Crippen LogP contribution < -0.4 is 15.4 Å². The molecule has 0 saturated carbocycles. The van der Waals surface area contributed by atoms with Gasteiger partial charge in [0, 0.05) is 13.1 Å². The number of alkyl halides is 3. The van der Waals surface area contributed by atoms with E-state index in [4.69, 9.17) is 4.74 Å². The Hall–Kier alpha value is -1.23. The Balaban J connectivity index is 0.00000261. The van der Waals surface area contributed by atoms with Crippen molar-refractivity contribution in [1.29, 1.82) is 0 Å². The fraction of sp³-hybridized carbons (Fsp3) is 0.611. The van der Waals surface area contributed by atoms with Gasteiger partial charge in [-0.15, -0.1) is 37.1 Å². The standard InChI is InChI=1S/C18H24F3N3O2.HI/c1-2-22-17(24-15-11-14-7-8-16(15)25-14)23-10-9-12-3-5-13(6-4-12)26-18(19,20)21;/h3-6,14-16H,2,7-11H2,1H3,(H2,22,23,24);1H. The number of guanidine groups is 1. The lowest BCUT2D eigenvalue weighted by molar-refractivity contribution is -0.274. The van der Waals surface area contributed by atoms with Crippen LogP contribution in [0.15, 0.2) is 29.3 Å². The van der Waals surface area contributed by atoms with Crippen molar-refractivity contribution in [2.45, 2.75) is 57.2 Å². The normalized spacial score (nSPS) is 24.4. The van der Waals surface area contributed by atoms with Gasteiger partial charge in [0.25, 0.3) is 0 Å². The number of hydrogen-bond acceptors (Lipinski definition) is 3. The number of ether oxygens (including phenoxy) is 2. The third-order valence-corrected chi connectivity index (χ3v) is 4.60. The Bertz CT molecular complexity index is 625. The highest BCUT2D eigenvalue weighted by Crippen LogP contribution is 2.34. The molecule has 2 saturated heterocycles. The van der Waals surface area contributed by atoms with Crippen LogP contribution in [0.3, 0.4) is 0 Å². The first-order valence-corrected chi connectivity index (χ1v) is 8.98. The SMILES string of the molecule is CCNC(=NCCc1ccc(OC(F)(F)F)cc1)NC1CC2CCC1O2.I. The molecule has 3 unspecified atom stereocenters. The summed E-state index contributed by atoms with van der Waals surface area (Å²) in [7, 11) is 0. The van der Waals surface area contributed by atoms with Gasteiger partial charge in [-0.25, -0.2) is 0 Å². The van der Waals surface area contributed by atoms with Gasteiger partial charge in [0.2, 0.25) is 0 Å². The zero-order chi connectivity index (χ0) is 18.6. The molecule has 2 N–H and O–H groups in total. The molecule has 0 spiro atoms. The highest BCUT2D eigenvalue weighted by atomic mass is 127. The van der Waals surface area contributed by atoms with Crippen LogP contribution in [0.5, 0.6) is 5.75 Å². The minimum Gasteiger partial charge on any atom is -0.406 e. The average molecular weight is 499 g/mol. The number of fused-ring (bicyclic) bond motifs is 2. The van der Waals surface area contributed by atoms with Crippen molar-refractivity contribution in [3.63, 3.8) is 0 Å². The maximum atomic E-state index is 12.2. The molecule has 2 bridgehead atoms. The lowest BCUT2D eigenvalue weighted by Crippen LogP contribution is -2.47. The first-order valence-electron chi connectivity index (χ1n) is 8.98. The van der Waals surface area contributed by atoms with E-state index in [9.17, 15) is 13.2 Å². The summed E-state index contributed by atoms with van der Waals surface area (Å²) in [5, 5.41) is 6.67. The molecule has 27 heavy (non-hydrogen) atoms. The molecular weight excluding hydrogens is 474 g/mol. The molecule has 152 valence electrons. The molecule has 2 aliphatic rings. The Kier molecular flexibility index (Phi) is 8.02. The summed E-state index contributed by atoms with van der Waals surface area (Å²) in [4.78, 5) is 4.57. The second kappa shape index (κ2) is 9.81. The molecule has 2 heterocycles. The smallest absolute Gasteiger partial charge is 0.406 e. The third kappa shape index (κ3) is 6.70. The molecule has 1 aromatic rings. The third-order valence-electron chi connectivity index (χ3n) is 4.60. The van der Waals surface area contributed by atoms with E-state index in [-0.39, 0.29) is 35.8 Å². The Morgan fingerprint density at radius 2 is 2.00 bits per heavy atom. The van der Waals surface area contributed by atoms with E-state index in [2.05, 4.69) is 20.4 Å². The minimum absolute atomic E-state index is 0. The van der Waals surface area contributed by atoms with Gasteiger partial charge in [-0.1, -0.05) is 12.1 Å². The van der Waals surface area contributed by atoms with Crippen LogP contribution in [0.4, 0.5) is 13.2 Å². The maximum Gasteiger partial charge on any atom is 0.573 e. The zero-order valence-electron chi connectivity index (χ0n) is 15.1. The predicted molar refractivity (Wildman–Crippen MR) is 108 cm³/mol. The molecule has 0 amide bonds.